The van der Waals surface area contributed by atoms with Crippen LogP contribution in [0.4, 0.5) is 37.8 Å². The lowest BCUT2D eigenvalue weighted by Gasteiger charge is -2.24. The third-order valence-electron chi connectivity index (χ3n) is 9.28. The van der Waals surface area contributed by atoms with E-state index in [1.165, 1.54) is 23.9 Å². The molecule has 52 heavy (non-hydrogen) atoms. The van der Waals surface area contributed by atoms with Crippen molar-refractivity contribution in [2.75, 3.05) is 16.7 Å². The van der Waals surface area contributed by atoms with E-state index in [4.69, 9.17) is 17.3 Å². The Bertz CT molecular complexity index is 2400. The summed E-state index contributed by atoms with van der Waals surface area (Å²) in [6.07, 6.45) is -2.46. The molecule has 0 bridgehead atoms. The smallest absolute Gasteiger partial charge is 0.293 e. The van der Waals surface area contributed by atoms with Crippen LogP contribution in [-0.4, -0.2) is 45.1 Å². The SMILES string of the molecule is Cc1nc([C@H](Cc2cc(F)cc(F)c2)NC(=O)Cn2nc(C(F)F)c3c2C(F)(F)[C@@H]2C[C@H]32)c(-c2ccc(Cl)c3c(NS(C)(=O)=O)nn(C)c23)cc1N. The molecule has 2 aliphatic carbocycles. The Hall–Kier alpha value is -4.84. The van der Waals surface area contributed by atoms with Crippen molar-refractivity contribution in [2.45, 2.75) is 50.6 Å². The van der Waals surface area contributed by atoms with E-state index in [0.29, 0.717) is 27.5 Å². The van der Waals surface area contributed by atoms with Gasteiger partial charge in [0, 0.05) is 35.7 Å². The van der Waals surface area contributed by atoms with Crippen molar-refractivity contribution in [1.29, 1.82) is 0 Å². The number of halogens is 7. The van der Waals surface area contributed by atoms with Gasteiger partial charge >= 0.3 is 0 Å². The number of hydrogen-bond donors (Lipinski definition) is 3. The summed E-state index contributed by atoms with van der Waals surface area (Å²) >= 11 is 6.53. The maximum absolute atomic E-state index is 15.3. The van der Waals surface area contributed by atoms with E-state index in [0.717, 1.165) is 18.4 Å². The van der Waals surface area contributed by atoms with Crippen LogP contribution in [0.25, 0.3) is 22.0 Å². The average Bonchev–Trinajstić information content (AvgIpc) is 3.57. The van der Waals surface area contributed by atoms with Crippen LogP contribution in [0.15, 0.2) is 36.4 Å². The van der Waals surface area contributed by atoms with Crippen molar-refractivity contribution in [1.82, 2.24) is 29.9 Å². The number of aromatic nitrogens is 5. The number of anilines is 2. The van der Waals surface area contributed by atoms with Crippen molar-refractivity contribution >= 4 is 49.9 Å². The van der Waals surface area contributed by atoms with Gasteiger partial charge in [0.2, 0.25) is 15.9 Å². The van der Waals surface area contributed by atoms with E-state index in [1.54, 1.807) is 13.0 Å². The van der Waals surface area contributed by atoms with Crippen LogP contribution >= 0.6 is 11.6 Å². The van der Waals surface area contributed by atoms with Gasteiger partial charge in [-0.3, -0.25) is 23.9 Å². The molecule has 0 unspecified atom stereocenters. The maximum Gasteiger partial charge on any atom is 0.293 e. The number of alkyl halides is 4. The Morgan fingerprint density at radius 2 is 1.79 bits per heavy atom. The molecule has 1 fully saturated rings. The second-order valence-electron chi connectivity index (χ2n) is 13.0. The maximum atomic E-state index is 15.3. The van der Waals surface area contributed by atoms with Crippen LogP contribution in [0.5, 0.6) is 0 Å². The standard InChI is InChI=1S/C33H29ClF6N8O3S/c1-13-22(41)11-18(17-4-5-21(34)26-29(17)47(2)45-32(26)46-52(3,50)51)27(42-13)23(8-14-6-15(35)9-16(36)7-14)43-24(49)12-48-30-25(28(44-48)31(37)38)19-10-20(19)33(30,39)40/h4-7,9,11,19-20,23,31H,8,10,12,41H2,1-3H3,(H,43,49)(H,45,46)/t19-,20+,23-/m0/s1. The summed E-state index contributed by atoms with van der Waals surface area (Å²) < 4.78 is 116. The van der Waals surface area contributed by atoms with Crippen LogP contribution in [0.2, 0.25) is 5.02 Å². The number of sulfonamides is 1. The minimum atomic E-state index is -3.80. The number of nitrogens with zero attached hydrogens (tertiary/aromatic N) is 5. The fourth-order valence-electron chi connectivity index (χ4n) is 7.10. The molecular weight excluding hydrogens is 738 g/mol. The first-order valence-electron chi connectivity index (χ1n) is 15.8. The number of amides is 1. The van der Waals surface area contributed by atoms with Gasteiger partial charge in [-0.2, -0.15) is 19.0 Å². The van der Waals surface area contributed by atoms with Crippen molar-refractivity contribution in [3.63, 3.8) is 0 Å². The number of pyridine rings is 1. The summed E-state index contributed by atoms with van der Waals surface area (Å²) in [4.78, 5) is 18.4. The van der Waals surface area contributed by atoms with Crippen molar-refractivity contribution in [3.05, 3.63) is 87.0 Å². The lowest BCUT2D eigenvalue weighted by molar-refractivity contribution is -0.123. The van der Waals surface area contributed by atoms with Gasteiger partial charge in [-0.15, -0.1) is 0 Å². The molecule has 0 aliphatic heterocycles. The number of rotatable bonds is 10. The Kier molecular flexibility index (Phi) is 8.47. The third-order valence-corrected chi connectivity index (χ3v) is 10.2. The first kappa shape index (κ1) is 35.6. The summed E-state index contributed by atoms with van der Waals surface area (Å²) in [6.45, 7) is 0.695. The Morgan fingerprint density at radius 3 is 2.44 bits per heavy atom. The molecule has 1 amide bonds. The highest BCUT2D eigenvalue weighted by atomic mass is 35.5. The minimum Gasteiger partial charge on any atom is -0.397 e. The van der Waals surface area contributed by atoms with E-state index in [9.17, 15) is 30.8 Å². The van der Waals surface area contributed by atoms with Crippen molar-refractivity contribution in [3.8, 4) is 11.1 Å². The molecule has 4 N–H and O–H groups in total. The molecule has 1 saturated carbocycles. The van der Waals surface area contributed by atoms with Gasteiger partial charge in [-0.1, -0.05) is 17.7 Å². The predicted octanol–water partition coefficient (Wildman–Crippen LogP) is 6.27. The van der Waals surface area contributed by atoms with Gasteiger partial charge in [0.05, 0.1) is 45.3 Å². The van der Waals surface area contributed by atoms with Crippen LogP contribution in [0.3, 0.4) is 0 Å². The molecule has 5 aromatic rings. The van der Waals surface area contributed by atoms with Gasteiger partial charge < -0.3 is 11.1 Å². The topological polar surface area (TPSA) is 150 Å². The molecule has 274 valence electrons. The number of nitrogens with two attached hydrogens (primary N) is 1. The molecule has 3 atom stereocenters. The largest absolute Gasteiger partial charge is 0.397 e. The third kappa shape index (κ3) is 6.20. The van der Waals surface area contributed by atoms with E-state index in [-0.39, 0.29) is 57.1 Å². The van der Waals surface area contributed by atoms with Crippen molar-refractivity contribution < 1.29 is 39.6 Å². The summed E-state index contributed by atoms with van der Waals surface area (Å²) in [5.41, 5.74) is 6.17. The molecule has 0 saturated heterocycles. The number of aryl methyl sites for hydroxylation is 2. The second kappa shape index (κ2) is 12.4. The summed E-state index contributed by atoms with van der Waals surface area (Å²) in [5, 5.41) is 11.1. The molecule has 7 rings (SSSR count). The van der Waals surface area contributed by atoms with Crippen molar-refractivity contribution in [2.24, 2.45) is 13.0 Å². The number of hydrogen-bond acceptors (Lipinski definition) is 7. The predicted molar refractivity (Wildman–Crippen MR) is 179 cm³/mol. The number of nitrogen functional groups attached to an aromatic ring is 1. The van der Waals surface area contributed by atoms with Crippen LogP contribution in [-0.2, 0) is 40.8 Å². The van der Waals surface area contributed by atoms with Gasteiger partial charge in [-0.25, -0.2) is 26.0 Å². The van der Waals surface area contributed by atoms with Crippen LogP contribution in [0, 0.1) is 24.5 Å². The highest BCUT2D eigenvalue weighted by molar-refractivity contribution is 7.92. The zero-order valence-corrected chi connectivity index (χ0v) is 29.1. The molecule has 3 aromatic heterocycles. The first-order valence-corrected chi connectivity index (χ1v) is 18.0. The Morgan fingerprint density at radius 1 is 1.10 bits per heavy atom. The Labute approximate surface area is 297 Å². The zero-order valence-electron chi connectivity index (χ0n) is 27.5. The number of nitrogens with one attached hydrogen (secondary N) is 2. The van der Waals surface area contributed by atoms with E-state index < -0.39 is 75.7 Å². The average molecular weight is 767 g/mol. The van der Waals surface area contributed by atoms with E-state index in [1.807, 2.05) is 0 Å². The summed E-state index contributed by atoms with van der Waals surface area (Å²) in [7, 11) is -2.27. The van der Waals surface area contributed by atoms with Gasteiger partial charge in [0.15, 0.2) is 5.82 Å². The molecule has 2 aromatic carbocycles. The second-order valence-corrected chi connectivity index (χ2v) is 15.2. The number of benzene rings is 2. The molecule has 19 heteroatoms. The first-order chi connectivity index (χ1) is 24.3. The lowest BCUT2D eigenvalue weighted by Crippen LogP contribution is -2.35. The fourth-order valence-corrected chi connectivity index (χ4v) is 7.83. The highest BCUT2D eigenvalue weighted by Crippen LogP contribution is 2.68. The highest BCUT2D eigenvalue weighted by Gasteiger charge is 2.67. The normalized spacial score (nSPS) is 18.1. The number of carbonyl (C=O) groups excluding carboxylic acids is 1. The van der Waals surface area contributed by atoms with Gasteiger partial charge in [0.25, 0.3) is 12.3 Å². The quantitative estimate of drug-likeness (QED) is 0.142. The lowest BCUT2D eigenvalue weighted by atomic mass is 9.93. The monoisotopic (exact) mass is 766 g/mol. The number of fused-ring (bicyclic) bond motifs is 4. The molecule has 0 radical (unpaired) electrons. The van der Waals surface area contributed by atoms with Crippen LogP contribution < -0.4 is 15.8 Å². The fraction of sp³-hybridized carbons (Fsp3) is 0.333. The summed E-state index contributed by atoms with van der Waals surface area (Å²) in [6, 6.07) is 6.10. The van der Waals surface area contributed by atoms with Gasteiger partial charge in [0.1, 0.15) is 29.6 Å². The Balaban J connectivity index is 1.35. The van der Waals surface area contributed by atoms with E-state index >= 15 is 8.78 Å². The number of carbonyl (C=O) groups is 1. The zero-order chi connectivity index (χ0) is 37.6. The summed E-state index contributed by atoms with van der Waals surface area (Å²) in [5.74, 6) is -8.23. The molecular formula is C33H29ClF6N8O3S. The molecule has 2 aliphatic rings. The minimum absolute atomic E-state index is 0.0370. The molecule has 0 spiro atoms. The molecule has 11 nitrogen and oxygen atoms in total. The molecule has 3 heterocycles. The van der Waals surface area contributed by atoms with E-state index in [2.05, 4.69) is 25.2 Å². The van der Waals surface area contributed by atoms with Gasteiger partial charge in [-0.05, 0) is 55.5 Å². The van der Waals surface area contributed by atoms with Crippen LogP contribution in [0.1, 0.15) is 58.7 Å².